The Morgan fingerprint density at radius 3 is 2.37 bits per heavy atom. The van der Waals surface area contributed by atoms with Crippen LogP contribution in [0.4, 0.5) is 14.5 Å². The number of halogens is 2. The Labute approximate surface area is 173 Å². The van der Waals surface area contributed by atoms with Gasteiger partial charge in [0.05, 0.1) is 6.54 Å². The van der Waals surface area contributed by atoms with Gasteiger partial charge >= 0.3 is 0 Å². The van der Waals surface area contributed by atoms with E-state index in [4.69, 9.17) is 0 Å². The van der Waals surface area contributed by atoms with Crippen molar-refractivity contribution >= 4 is 22.4 Å². The number of amides is 1. The van der Waals surface area contributed by atoms with Crippen molar-refractivity contribution in [1.29, 1.82) is 0 Å². The Kier molecular flexibility index (Phi) is 4.55. The third-order valence-electron chi connectivity index (χ3n) is 5.80. The molecule has 1 amide bonds. The van der Waals surface area contributed by atoms with Gasteiger partial charge in [-0.25, -0.2) is 8.78 Å². The van der Waals surface area contributed by atoms with Gasteiger partial charge in [-0.2, -0.15) is 0 Å². The summed E-state index contributed by atoms with van der Waals surface area (Å²) in [5, 5.41) is 2.06. The molecular formula is C26H19F2NO. The third kappa shape index (κ3) is 3.14. The molecule has 5 rings (SSSR count). The van der Waals surface area contributed by atoms with E-state index in [-0.39, 0.29) is 29.9 Å². The van der Waals surface area contributed by atoms with E-state index in [1.165, 1.54) is 18.2 Å². The van der Waals surface area contributed by atoms with Gasteiger partial charge in [0.1, 0.15) is 11.6 Å². The highest BCUT2D eigenvalue weighted by Gasteiger charge is 2.34. The summed E-state index contributed by atoms with van der Waals surface area (Å²) in [6.45, 7) is 0.342. The highest BCUT2D eigenvalue weighted by molar-refractivity contribution is 6.03. The monoisotopic (exact) mass is 399 g/mol. The second kappa shape index (κ2) is 7.38. The summed E-state index contributed by atoms with van der Waals surface area (Å²) < 4.78 is 28.0. The summed E-state index contributed by atoms with van der Waals surface area (Å²) in [5.74, 6) is -1.05. The van der Waals surface area contributed by atoms with Crippen molar-refractivity contribution in [3.63, 3.8) is 0 Å². The van der Waals surface area contributed by atoms with Crippen LogP contribution < -0.4 is 4.90 Å². The van der Waals surface area contributed by atoms with Gasteiger partial charge in [0, 0.05) is 18.0 Å². The van der Waals surface area contributed by atoms with E-state index in [0.29, 0.717) is 12.1 Å². The number of hydrogen-bond acceptors (Lipinski definition) is 1. The Morgan fingerprint density at radius 2 is 1.57 bits per heavy atom. The minimum Gasteiger partial charge on any atom is -0.308 e. The molecule has 4 aromatic rings. The summed E-state index contributed by atoms with van der Waals surface area (Å²) in [7, 11) is 0. The van der Waals surface area contributed by atoms with Crippen molar-refractivity contribution in [3.05, 3.63) is 113 Å². The van der Waals surface area contributed by atoms with Crippen molar-refractivity contribution < 1.29 is 13.6 Å². The zero-order valence-corrected chi connectivity index (χ0v) is 16.2. The van der Waals surface area contributed by atoms with Crippen LogP contribution in [0.25, 0.3) is 10.8 Å². The first-order valence-corrected chi connectivity index (χ1v) is 9.92. The van der Waals surface area contributed by atoms with Gasteiger partial charge in [0.15, 0.2) is 0 Å². The van der Waals surface area contributed by atoms with Crippen molar-refractivity contribution in [1.82, 2.24) is 0 Å². The summed E-state index contributed by atoms with van der Waals surface area (Å²) >= 11 is 0. The Hall–Kier alpha value is -3.53. The standard InChI is InChI=1S/C26H19F2NO/c27-19-12-9-17(10-13-19)16-29-24-14-11-18-5-1-2-6-20(18)26(24)22(15-25(29)30)21-7-3-4-8-23(21)28/h1-14,22H,15-16H2. The first-order valence-electron chi connectivity index (χ1n) is 9.92. The Balaban J connectivity index is 1.69. The highest BCUT2D eigenvalue weighted by atomic mass is 19.1. The van der Waals surface area contributed by atoms with Crippen molar-refractivity contribution in [3.8, 4) is 0 Å². The van der Waals surface area contributed by atoms with E-state index < -0.39 is 0 Å². The molecule has 1 aliphatic heterocycles. The molecule has 0 saturated carbocycles. The Morgan fingerprint density at radius 1 is 0.833 bits per heavy atom. The smallest absolute Gasteiger partial charge is 0.228 e. The topological polar surface area (TPSA) is 20.3 Å². The summed E-state index contributed by atoms with van der Waals surface area (Å²) in [4.78, 5) is 14.9. The van der Waals surface area contributed by atoms with Crippen LogP contribution in [0.1, 0.15) is 29.0 Å². The maximum absolute atomic E-state index is 14.7. The fourth-order valence-electron chi connectivity index (χ4n) is 4.38. The first kappa shape index (κ1) is 18.5. The van der Waals surface area contributed by atoms with Crippen LogP contribution in [0.15, 0.2) is 84.9 Å². The lowest BCUT2D eigenvalue weighted by molar-refractivity contribution is -0.119. The lowest BCUT2D eigenvalue weighted by atomic mass is 9.81. The largest absolute Gasteiger partial charge is 0.308 e. The van der Waals surface area contributed by atoms with Crippen molar-refractivity contribution in [2.45, 2.75) is 18.9 Å². The third-order valence-corrected chi connectivity index (χ3v) is 5.80. The lowest BCUT2D eigenvalue weighted by Crippen LogP contribution is -2.36. The second-order valence-corrected chi connectivity index (χ2v) is 7.60. The zero-order chi connectivity index (χ0) is 20.7. The maximum Gasteiger partial charge on any atom is 0.228 e. The van der Waals surface area contributed by atoms with Gasteiger partial charge in [-0.3, -0.25) is 4.79 Å². The molecule has 30 heavy (non-hydrogen) atoms. The lowest BCUT2D eigenvalue weighted by Gasteiger charge is -2.35. The molecule has 0 spiro atoms. The highest BCUT2D eigenvalue weighted by Crippen LogP contribution is 2.45. The molecule has 4 heteroatoms. The number of rotatable bonds is 3. The predicted molar refractivity (Wildman–Crippen MR) is 114 cm³/mol. The number of carbonyl (C=O) groups is 1. The Bertz CT molecular complexity index is 1250. The van der Waals surface area contributed by atoms with Crippen LogP contribution in [0.5, 0.6) is 0 Å². The molecule has 1 aliphatic rings. The van der Waals surface area contributed by atoms with Crippen molar-refractivity contribution in [2.24, 2.45) is 0 Å². The average Bonchev–Trinajstić information content (AvgIpc) is 2.77. The van der Waals surface area contributed by atoms with E-state index >= 15 is 0 Å². The molecule has 0 radical (unpaired) electrons. The summed E-state index contributed by atoms with van der Waals surface area (Å²) in [5.41, 5.74) is 3.11. The molecule has 148 valence electrons. The molecule has 0 bridgehead atoms. The van der Waals surface area contributed by atoms with Crippen LogP contribution >= 0.6 is 0 Å². The van der Waals surface area contributed by atoms with E-state index in [2.05, 4.69) is 0 Å². The van der Waals surface area contributed by atoms with Crippen LogP contribution in [0.3, 0.4) is 0 Å². The number of anilines is 1. The van der Waals surface area contributed by atoms with E-state index in [0.717, 1.165) is 27.6 Å². The van der Waals surface area contributed by atoms with E-state index in [1.807, 2.05) is 36.4 Å². The van der Waals surface area contributed by atoms with Crippen LogP contribution in [0.2, 0.25) is 0 Å². The maximum atomic E-state index is 14.7. The molecule has 2 nitrogen and oxygen atoms in total. The molecule has 0 aliphatic carbocycles. The van der Waals surface area contributed by atoms with Crippen LogP contribution in [-0.4, -0.2) is 5.91 Å². The van der Waals surface area contributed by atoms with Crippen molar-refractivity contribution in [2.75, 3.05) is 4.90 Å². The summed E-state index contributed by atoms with van der Waals surface area (Å²) in [6, 6.07) is 24.7. The summed E-state index contributed by atoms with van der Waals surface area (Å²) in [6.07, 6.45) is 0.184. The zero-order valence-electron chi connectivity index (χ0n) is 16.2. The van der Waals surface area contributed by atoms with E-state index in [9.17, 15) is 13.6 Å². The minimum atomic E-state index is -0.357. The van der Waals surface area contributed by atoms with Gasteiger partial charge in [-0.1, -0.05) is 60.7 Å². The molecule has 0 fully saturated rings. The molecule has 1 unspecified atom stereocenters. The average molecular weight is 399 g/mol. The normalized spacial score (nSPS) is 16.0. The number of nitrogens with zero attached hydrogens (tertiary/aromatic N) is 1. The van der Waals surface area contributed by atoms with Crippen LogP contribution in [0, 0.1) is 11.6 Å². The quantitative estimate of drug-likeness (QED) is 0.402. The van der Waals surface area contributed by atoms with E-state index in [1.54, 1.807) is 35.2 Å². The first-order chi connectivity index (χ1) is 14.6. The minimum absolute atomic E-state index is 0.0737. The number of fused-ring (bicyclic) bond motifs is 3. The molecule has 0 N–H and O–H groups in total. The fourth-order valence-corrected chi connectivity index (χ4v) is 4.38. The number of benzene rings is 4. The van der Waals surface area contributed by atoms with Gasteiger partial charge < -0.3 is 4.90 Å². The molecule has 1 heterocycles. The predicted octanol–water partition coefficient (Wildman–Crippen LogP) is 6.19. The molecule has 0 saturated heterocycles. The van der Waals surface area contributed by atoms with Gasteiger partial charge in [0.25, 0.3) is 0 Å². The molecule has 0 aromatic heterocycles. The fraction of sp³-hybridized carbons (Fsp3) is 0.115. The SMILES string of the molecule is O=C1CC(c2ccccc2F)c2c(ccc3ccccc23)N1Cc1ccc(F)cc1. The van der Waals surface area contributed by atoms with Crippen LogP contribution in [-0.2, 0) is 11.3 Å². The van der Waals surface area contributed by atoms with Gasteiger partial charge in [-0.15, -0.1) is 0 Å². The number of carbonyl (C=O) groups excluding carboxylic acids is 1. The second-order valence-electron chi connectivity index (χ2n) is 7.60. The van der Waals surface area contributed by atoms with Gasteiger partial charge in [-0.05, 0) is 51.7 Å². The number of hydrogen-bond donors (Lipinski definition) is 0. The molecule has 4 aromatic carbocycles. The molecule has 1 atom stereocenters. The van der Waals surface area contributed by atoms with Gasteiger partial charge in [0.2, 0.25) is 5.91 Å². The molecular weight excluding hydrogens is 380 g/mol.